The van der Waals surface area contributed by atoms with Gasteiger partial charge < -0.3 is 9.64 Å². The van der Waals surface area contributed by atoms with E-state index in [0.29, 0.717) is 31.9 Å². The lowest BCUT2D eigenvalue weighted by Gasteiger charge is -2.29. The second-order valence-corrected chi connectivity index (χ2v) is 9.03. The Morgan fingerprint density at radius 1 is 1.07 bits per heavy atom. The van der Waals surface area contributed by atoms with Crippen molar-refractivity contribution in [2.75, 3.05) is 33.2 Å². The Kier molecular flexibility index (Phi) is 5.69. The molecule has 0 spiro atoms. The summed E-state index contributed by atoms with van der Waals surface area (Å²) >= 11 is 0. The van der Waals surface area contributed by atoms with Crippen LogP contribution in [0.25, 0.3) is 0 Å². The molecule has 1 heterocycles. The van der Waals surface area contributed by atoms with Gasteiger partial charge in [0.15, 0.2) is 0 Å². The highest BCUT2D eigenvalue weighted by Gasteiger charge is 2.31. The van der Waals surface area contributed by atoms with E-state index in [0.717, 1.165) is 17.2 Å². The molecule has 0 atom stereocenters. The molecule has 1 fully saturated rings. The van der Waals surface area contributed by atoms with Crippen molar-refractivity contribution in [2.45, 2.75) is 18.7 Å². The normalized spacial score (nSPS) is 16.1. The molecule has 0 bridgehead atoms. The van der Waals surface area contributed by atoms with Gasteiger partial charge >= 0.3 is 5.69 Å². The van der Waals surface area contributed by atoms with Crippen LogP contribution in [0.4, 0.5) is 5.69 Å². The maximum Gasteiger partial charge on any atom is 0.312 e. The predicted molar refractivity (Wildman–Crippen MR) is 104 cm³/mol. The SMILES string of the molecule is Cc1ccc(Oc2ccc(S(=O)(=O)N3CC[NH+](C)CC3)cc2[N+](=O)[O-])cc1C. The van der Waals surface area contributed by atoms with E-state index < -0.39 is 14.9 Å². The molecule has 1 N–H and O–H groups in total. The van der Waals surface area contributed by atoms with Gasteiger partial charge in [-0.05, 0) is 49.2 Å². The van der Waals surface area contributed by atoms with Crippen molar-refractivity contribution >= 4 is 15.7 Å². The van der Waals surface area contributed by atoms with Gasteiger partial charge in [-0.3, -0.25) is 10.1 Å². The fraction of sp³-hybridized carbons (Fsp3) is 0.368. The molecule has 0 aliphatic carbocycles. The van der Waals surface area contributed by atoms with Crippen LogP contribution in [0.1, 0.15) is 11.1 Å². The monoisotopic (exact) mass is 406 g/mol. The highest BCUT2D eigenvalue weighted by molar-refractivity contribution is 7.89. The maximum atomic E-state index is 12.9. The average molecular weight is 406 g/mol. The van der Waals surface area contributed by atoms with Crippen molar-refractivity contribution in [1.82, 2.24) is 4.31 Å². The van der Waals surface area contributed by atoms with E-state index in [-0.39, 0.29) is 16.3 Å². The van der Waals surface area contributed by atoms with Crippen LogP contribution in [-0.2, 0) is 10.0 Å². The van der Waals surface area contributed by atoms with Gasteiger partial charge in [0, 0.05) is 6.07 Å². The van der Waals surface area contributed by atoms with E-state index in [2.05, 4.69) is 0 Å². The summed E-state index contributed by atoms with van der Waals surface area (Å²) in [6, 6.07) is 9.17. The van der Waals surface area contributed by atoms with Crippen molar-refractivity contribution < 1.29 is 23.0 Å². The van der Waals surface area contributed by atoms with Gasteiger partial charge in [0.2, 0.25) is 15.8 Å². The first kappa shape index (κ1) is 20.2. The van der Waals surface area contributed by atoms with Crippen molar-refractivity contribution in [3.63, 3.8) is 0 Å². The van der Waals surface area contributed by atoms with E-state index >= 15 is 0 Å². The fourth-order valence-electron chi connectivity index (χ4n) is 3.05. The third-order valence-corrected chi connectivity index (χ3v) is 6.94. The number of hydrogen-bond acceptors (Lipinski definition) is 5. The molecule has 1 aliphatic rings. The molecule has 2 aromatic carbocycles. The minimum Gasteiger partial charge on any atom is -0.450 e. The molecule has 8 nitrogen and oxygen atoms in total. The summed E-state index contributed by atoms with van der Waals surface area (Å²) in [5.41, 5.74) is 1.70. The number of nitro groups is 1. The van der Waals surface area contributed by atoms with Gasteiger partial charge in [-0.1, -0.05) is 6.07 Å². The largest absolute Gasteiger partial charge is 0.450 e. The highest BCUT2D eigenvalue weighted by atomic mass is 32.2. The predicted octanol–water partition coefficient (Wildman–Crippen LogP) is 1.52. The number of hydrogen-bond donors (Lipinski definition) is 1. The molecule has 150 valence electrons. The van der Waals surface area contributed by atoms with Crippen LogP contribution < -0.4 is 9.64 Å². The quantitative estimate of drug-likeness (QED) is 0.600. The molecule has 2 aromatic rings. The molecular formula is C19H24N3O5S+. The van der Waals surface area contributed by atoms with Gasteiger partial charge in [-0.2, -0.15) is 4.31 Å². The molecule has 9 heteroatoms. The summed E-state index contributed by atoms with van der Waals surface area (Å²) in [7, 11) is -1.78. The third-order valence-electron chi connectivity index (χ3n) is 5.05. The van der Waals surface area contributed by atoms with Gasteiger partial charge in [-0.25, -0.2) is 8.42 Å². The Hall–Kier alpha value is -2.49. The minimum absolute atomic E-state index is 0.00928. The van der Waals surface area contributed by atoms with E-state index in [1.54, 1.807) is 12.1 Å². The number of sulfonamides is 1. The number of nitrogens with one attached hydrogen (secondary N) is 1. The van der Waals surface area contributed by atoms with E-state index in [1.165, 1.54) is 21.3 Å². The van der Waals surface area contributed by atoms with Crippen LogP contribution >= 0.6 is 0 Å². The first-order valence-corrected chi connectivity index (χ1v) is 10.5. The lowest BCUT2D eigenvalue weighted by Crippen LogP contribution is -3.12. The number of nitro benzene ring substituents is 1. The standard InChI is InChI=1S/C19H23N3O5S/c1-14-4-5-16(12-15(14)2)27-19-7-6-17(13-18(19)22(23)24)28(25,26)21-10-8-20(3)9-11-21/h4-7,12-13H,8-11H2,1-3H3/p+1. The molecule has 28 heavy (non-hydrogen) atoms. The van der Waals surface area contributed by atoms with Gasteiger partial charge in [0.25, 0.3) is 0 Å². The van der Waals surface area contributed by atoms with Crippen molar-refractivity contribution in [3.05, 3.63) is 57.6 Å². The van der Waals surface area contributed by atoms with Crippen molar-refractivity contribution in [1.29, 1.82) is 0 Å². The number of likely N-dealkylation sites (N-methyl/N-ethyl adjacent to an activating group) is 1. The maximum absolute atomic E-state index is 12.9. The number of rotatable bonds is 5. The fourth-order valence-corrected chi connectivity index (χ4v) is 4.51. The first-order chi connectivity index (χ1) is 13.2. The topological polar surface area (TPSA) is 94.2 Å². The Morgan fingerprint density at radius 3 is 2.36 bits per heavy atom. The Morgan fingerprint density at radius 2 is 1.75 bits per heavy atom. The lowest BCUT2D eigenvalue weighted by atomic mass is 10.1. The van der Waals surface area contributed by atoms with Gasteiger partial charge in [-0.15, -0.1) is 0 Å². The van der Waals surface area contributed by atoms with Crippen LogP contribution in [0.2, 0.25) is 0 Å². The Labute approximate surface area is 164 Å². The molecule has 0 amide bonds. The molecule has 0 unspecified atom stereocenters. The van der Waals surface area contributed by atoms with Gasteiger partial charge in [0.1, 0.15) is 5.75 Å². The Balaban J connectivity index is 1.92. The first-order valence-electron chi connectivity index (χ1n) is 9.03. The summed E-state index contributed by atoms with van der Waals surface area (Å²) in [6.07, 6.45) is 0. The minimum atomic E-state index is -3.78. The molecule has 1 aliphatic heterocycles. The molecule has 0 saturated carbocycles. The summed E-state index contributed by atoms with van der Waals surface area (Å²) in [5, 5.41) is 11.5. The summed E-state index contributed by atoms with van der Waals surface area (Å²) in [6.45, 7) is 6.07. The summed E-state index contributed by atoms with van der Waals surface area (Å²) < 4.78 is 32.8. The van der Waals surface area contributed by atoms with Gasteiger partial charge in [0.05, 0.1) is 43.0 Å². The zero-order chi connectivity index (χ0) is 20.5. The molecule has 1 saturated heterocycles. The lowest BCUT2D eigenvalue weighted by molar-refractivity contribution is -0.883. The number of quaternary nitrogens is 1. The number of nitrogens with zero attached hydrogens (tertiary/aromatic N) is 2. The summed E-state index contributed by atoms with van der Waals surface area (Å²) in [4.78, 5) is 12.1. The number of ether oxygens (including phenoxy) is 1. The molecule has 0 aromatic heterocycles. The molecule has 0 radical (unpaired) electrons. The summed E-state index contributed by atoms with van der Waals surface area (Å²) in [5.74, 6) is 0.471. The average Bonchev–Trinajstić information content (AvgIpc) is 2.65. The van der Waals surface area contributed by atoms with E-state index in [4.69, 9.17) is 4.74 Å². The number of aryl methyl sites for hydroxylation is 2. The van der Waals surface area contributed by atoms with Crippen LogP contribution in [-0.4, -0.2) is 50.9 Å². The Bertz CT molecular complexity index is 999. The van der Waals surface area contributed by atoms with Crippen molar-refractivity contribution in [3.8, 4) is 11.5 Å². The van der Waals surface area contributed by atoms with Crippen LogP contribution in [0.15, 0.2) is 41.3 Å². The van der Waals surface area contributed by atoms with Crippen molar-refractivity contribution in [2.24, 2.45) is 0 Å². The van der Waals surface area contributed by atoms with Crippen LogP contribution in [0.3, 0.4) is 0 Å². The zero-order valence-electron chi connectivity index (χ0n) is 16.1. The molecule has 3 rings (SSSR count). The second-order valence-electron chi connectivity index (χ2n) is 7.10. The molecular weight excluding hydrogens is 382 g/mol. The van der Waals surface area contributed by atoms with Crippen LogP contribution in [0, 0.1) is 24.0 Å². The number of piperazine rings is 1. The second kappa shape index (κ2) is 7.86. The highest BCUT2D eigenvalue weighted by Crippen LogP contribution is 2.34. The van der Waals surface area contributed by atoms with E-state index in [9.17, 15) is 18.5 Å². The third kappa shape index (κ3) is 4.16. The number of benzene rings is 2. The zero-order valence-corrected chi connectivity index (χ0v) is 17.0. The smallest absolute Gasteiger partial charge is 0.312 e. The van der Waals surface area contributed by atoms with E-state index in [1.807, 2.05) is 27.0 Å². The van der Waals surface area contributed by atoms with Crippen LogP contribution in [0.5, 0.6) is 11.5 Å².